The molecule has 0 heterocycles. The minimum absolute atomic E-state index is 0.0178. The fraction of sp³-hybridized carbons (Fsp3) is 0.571. The Morgan fingerprint density at radius 3 is 1.67 bits per heavy atom. The first-order chi connectivity index (χ1) is 13.8. The van der Waals surface area contributed by atoms with E-state index < -0.39 is 0 Å². The maximum absolute atomic E-state index is 10.4. The van der Waals surface area contributed by atoms with Crippen LogP contribution in [0.2, 0.25) is 0 Å². The van der Waals surface area contributed by atoms with Crippen molar-refractivity contribution in [3.05, 3.63) is 58.1 Å². The molecule has 1 saturated carbocycles. The van der Waals surface area contributed by atoms with Gasteiger partial charge in [0.15, 0.2) is 0 Å². The van der Waals surface area contributed by atoms with Crippen molar-refractivity contribution in [3.63, 3.8) is 0 Å². The zero-order valence-electron chi connectivity index (χ0n) is 20.4. The summed E-state index contributed by atoms with van der Waals surface area (Å²) in [7, 11) is 0. The topological polar surface area (TPSA) is 40.5 Å². The Bertz CT molecular complexity index is 809. The van der Waals surface area contributed by atoms with Gasteiger partial charge in [0, 0.05) is 0 Å². The standard InChI is InChI=1S/C15H24O.C13H18O/c1-10-8-11(14(2,3)4)13(16)12(9-10)15(5,6)7;1-10-7-8-13(14)12(9-10)11-5-3-2-4-6-11/h8-9,16H,1-7H3;7-9,11,14H,2-6H2,1H3. The van der Waals surface area contributed by atoms with Crippen molar-refractivity contribution in [2.24, 2.45) is 0 Å². The van der Waals surface area contributed by atoms with Gasteiger partial charge < -0.3 is 10.2 Å². The van der Waals surface area contributed by atoms with E-state index in [2.05, 4.69) is 73.6 Å². The maximum atomic E-state index is 10.4. The monoisotopic (exact) mass is 410 g/mol. The molecule has 0 atom stereocenters. The summed E-state index contributed by atoms with van der Waals surface area (Å²) in [5, 5.41) is 20.2. The average molecular weight is 411 g/mol. The van der Waals surface area contributed by atoms with Crippen LogP contribution >= 0.6 is 0 Å². The molecule has 0 aliphatic heterocycles. The third-order valence-electron chi connectivity index (χ3n) is 6.10. The first-order valence-corrected chi connectivity index (χ1v) is 11.4. The van der Waals surface area contributed by atoms with Gasteiger partial charge in [0.25, 0.3) is 0 Å². The molecule has 2 heteroatoms. The van der Waals surface area contributed by atoms with E-state index in [1.54, 1.807) is 0 Å². The van der Waals surface area contributed by atoms with Crippen LogP contribution in [-0.4, -0.2) is 10.2 Å². The molecule has 0 saturated heterocycles. The Hall–Kier alpha value is -1.96. The van der Waals surface area contributed by atoms with Gasteiger partial charge in [-0.1, -0.05) is 96.2 Å². The first kappa shape index (κ1) is 24.3. The molecule has 2 nitrogen and oxygen atoms in total. The number of rotatable bonds is 1. The summed E-state index contributed by atoms with van der Waals surface area (Å²) in [6.07, 6.45) is 6.49. The Labute approximate surface area is 184 Å². The predicted octanol–water partition coefficient (Wildman–Crippen LogP) is 8.04. The molecule has 30 heavy (non-hydrogen) atoms. The van der Waals surface area contributed by atoms with Gasteiger partial charge >= 0.3 is 0 Å². The Kier molecular flexibility index (Phi) is 7.66. The van der Waals surface area contributed by atoms with Crippen LogP contribution in [0.3, 0.4) is 0 Å². The predicted molar refractivity (Wildman–Crippen MR) is 129 cm³/mol. The summed E-state index contributed by atoms with van der Waals surface area (Å²) < 4.78 is 0. The van der Waals surface area contributed by atoms with Crippen LogP contribution in [0.1, 0.15) is 107 Å². The quantitative estimate of drug-likeness (QED) is 0.499. The lowest BCUT2D eigenvalue weighted by molar-refractivity contribution is 0.414. The molecule has 0 spiro atoms. The molecule has 0 aromatic heterocycles. The molecular formula is C28H42O2. The molecule has 2 aromatic rings. The molecule has 1 aliphatic carbocycles. The van der Waals surface area contributed by atoms with E-state index in [4.69, 9.17) is 0 Å². The van der Waals surface area contributed by atoms with E-state index in [1.165, 1.54) is 48.8 Å². The number of hydrogen-bond acceptors (Lipinski definition) is 2. The van der Waals surface area contributed by atoms with Crippen LogP contribution < -0.4 is 0 Å². The normalized spacial score (nSPS) is 15.5. The molecule has 0 amide bonds. The van der Waals surface area contributed by atoms with Gasteiger partial charge in [-0.3, -0.25) is 0 Å². The van der Waals surface area contributed by atoms with E-state index in [-0.39, 0.29) is 10.8 Å². The van der Waals surface area contributed by atoms with E-state index in [0.29, 0.717) is 17.4 Å². The third-order valence-corrected chi connectivity index (χ3v) is 6.10. The van der Waals surface area contributed by atoms with Crippen LogP contribution in [0.4, 0.5) is 0 Å². The average Bonchev–Trinajstić information content (AvgIpc) is 2.65. The van der Waals surface area contributed by atoms with E-state index >= 15 is 0 Å². The van der Waals surface area contributed by atoms with Gasteiger partial charge in [-0.25, -0.2) is 0 Å². The van der Waals surface area contributed by atoms with Crippen molar-refractivity contribution < 1.29 is 10.2 Å². The van der Waals surface area contributed by atoms with Gasteiger partial charge in [0.05, 0.1) is 0 Å². The van der Waals surface area contributed by atoms with Gasteiger partial charge in [-0.15, -0.1) is 0 Å². The van der Waals surface area contributed by atoms with E-state index in [0.717, 1.165) is 11.1 Å². The van der Waals surface area contributed by atoms with Crippen LogP contribution in [0.5, 0.6) is 11.5 Å². The highest BCUT2D eigenvalue weighted by Crippen LogP contribution is 2.39. The maximum Gasteiger partial charge on any atom is 0.123 e. The molecule has 0 radical (unpaired) electrons. The molecule has 3 rings (SSSR count). The first-order valence-electron chi connectivity index (χ1n) is 11.4. The number of aryl methyl sites for hydroxylation is 2. The highest BCUT2D eigenvalue weighted by molar-refractivity contribution is 5.49. The van der Waals surface area contributed by atoms with Crippen LogP contribution in [-0.2, 0) is 10.8 Å². The van der Waals surface area contributed by atoms with Gasteiger partial charge in [-0.05, 0) is 66.2 Å². The summed E-state index contributed by atoms with van der Waals surface area (Å²) in [5.74, 6) is 1.55. The van der Waals surface area contributed by atoms with Gasteiger partial charge in [-0.2, -0.15) is 0 Å². The van der Waals surface area contributed by atoms with Crippen molar-refractivity contribution in [2.45, 2.75) is 104 Å². The summed E-state index contributed by atoms with van der Waals surface area (Å²) in [5.41, 5.74) is 5.68. The SMILES string of the molecule is Cc1cc(C(C)(C)C)c(O)c(C(C)(C)C)c1.Cc1ccc(O)c(C2CCCCC2)c1. The fourth-order valence-electron chi connectivity index (χ4n) is 4.34. The molecule has 2 aromatic carbocycles. The summed E-state index contributed by atoms with van der Waals surface area (Å²) >= 11 is 0. The minimum Gasteiger partial charge on any atom is -0.508 e. The van der Waals surface area contributed by atoms with Gasteiger partial charge in [0.1, 0.15) is 11.5 Å². The van der Waals surface area contributed by atoms with Crippen LogP contribution in [0.15, 0.2) is 30.3 Å². The molecule has 0 unspecified atom stereocenters. The fourth-order valence-corrected chi connectivity index (χ4v) is 4.34. The largest absolute Gasteiger partial charge is 0.508 e. The van der Waals surface area contributed by atoms with Crippen molar-refractivity contribution in [1.29, 1.82) is 0 Å². The number of hydrogen-bond donors (Lipinski definition) is 2. The molecule has 2 N–H and O–H groups in total. The van der Waals surface area contributed by atoms with Crippen molar-refractivity contribution in [3.8, 4) is 11.5 Å². The molecule has 166 valence electrons. The number of benzene rings is 2. The second kappa shape index (κ2) is 9.45. The third kappa shape index (κ3) is 6.27. The minimum atomic E-state index is -0.0178. The molecule has 1 aliphatic rings. The number of aromatic hydroxyl groups is 2. The van der Waals surface area contributed by atoms with Crippen LogP contribution in [0, 0.1) is 13.8 Å². The van der Waals surface area contributed by atoms with Gasteiger partial charge in [0.2, 0.25) is 0 Å². The number of phenolic OH excluding ortho intramolecular Hbond substituents is 2. The molecular weight excluding hydrogens is 368 g/mol. The Morgan fingerprint density at radius 2 is 1.20 bits per heavy atom. The van der Waals surface area contributed by atoms with E-state index in [9.17, 15) is 10.2 Å². The second-order valence-corrected chi connectivity index (χ2v) is 11.1. The Morgan fingerprint density at radius 1 is 0.700 bits per heavy atom. The molecule has 0 bridgehead atoms. The van der Waals surface area contributed by atoms with Crippen LogP contribution in [0.25, 0.3) is 0 Å². The molecule has 1 fully saturated rings. The lowest BCUT2D eigenvalue weighted by Crippen LogP contribution is -2.17. The highest BCUT2D eigenvalue weighted by atomic mass is 16.3. The lowest BCUT2D eigenvalue weighted by atomic mass is 9.78. The number of phenols is 2. The van der Waals surface area contributed by atoms with E-state index in [1.807, 2.05) is 12.1 Å². The second-order valence-electron chi connectivity index (χ2n) is 11.1. The zero-order valence-corrected chi connectivity index (χ0v) is 20.4. The van der Waals surface area contributed by atoms with Crippen molar-refractivity contribution in [2.75, 3.05) is 0 Å². The van der Waals surface area contributed by atoms with Crippen molar-refractivity contribution in [1.82, 2.24) is 0 Å². The van der Waals surface area contributed by atoms with Crippen molar-refractivity contribution >= 4 is 0 Å². The summed E-state index contributed by atoms with van der Waals surface area (Å²) in [6, 6.07) is 10.1. The Balaban J connectivity index is 0.000000215. The zero-order chi connectivity index (χ0) is 22.7. The highest BCUT2D eigenvalue weighted by Gasteiger charge is 2.25. The lowest BCUT2D eigenvalue weighted by Gasteiger charge is -2.27. The summed E-state index contributed by atoms with van der Waals surface area (Å²) in [6.45, 7) is 17.0. The summed E-state index contributed by atoms with van der Waals surface area (Å²) in [4.78, 5) is 0. The smallest absolute Gasteiger partial charge is 0.123 e.